The fourth-order valence-corrected chi connectivity index (χ4v) is 2.43. The lowest BCUT2D eigenvalue weighted by molar-refractivity contribution is 0.00320. The van der Waals surface area contributed by atoms with Gasteiger partial charge in [0.15, 0.2) is 0 Å². The summed E-state index contributed by atoms with van der Waals surface area (Å²) in [6.45, 7) is 6.72. The van der Waals surface area contributed by atoms with E-state index in [2.05, 4.69) is 5.32 Å². The Morgan fingerprint density at radius 1 is 1.42 bits per heavy atom. The van der Waals surface area contributed by atoms with Crippen molar-refractivity contribution >= 4 is 0 Å². The van der Waals surface area contributed by atoms with E-state index >= 15 is 0 Å². The second-order valence-corrected chi connectivity index (χ2v) is 5.16. The Bertz CT molecular complexity index is 383. The highest BCUT2D eigenvalue weighted by Gasteiger charge is 2.28. The second-order valence-electron chi connectivity index (χ2n) is 5.16. The van der Waals surface area contributed by atoms with Gasteiger partial charge in [-0.05, 0) is 38.0 Å². The van der Waals surface area contributed by atoms with Gasteiger partial charge in [0.05, 0.1) is 25.4 Å². The number of nitrogens with one attached hydrogen (secondary N) is 1. The Morgan fingerprint density at radius 3 is 2.74 bits per heavy atom. The van der Waals surface area contributed by atoms with Crippen LogP contribution in [0.3, 0.4) is 0 Å². The van der Waals surface area contributed by atoms with E-state index < -0.39 is 5.60 Å². The highest BCUT2D eigenvalue weighted by atomic mass is 16.5. The standard InChI is InChI=1S/C15H23NO3/c1-3-19-14-6-4-12(5-7-14)15(2,17)10-13-11-18-9-8-16-13/h4-7,13,16-17H,3,8-11H2,1-2H3. The van der Waals surface area contributed by atoms with Crippen LogP contribution in [0.15, 0.2) is 24.3 Å². The van der Waals surface area contributed by atoms with Crippen LogP contribution in [-0.4, -0.2) is 37.5 Å². The highest BCUT2D eigenvalue weighted by Crippen LogP contribution is 2.28. The van der Waals surface area contributed by atoms with Gasteiger partial charge in [0, 0.05) is 12.6 Å². The first-order valence-corrected chi connectivity index (χ1v) is 6.88. The van der Waals surface area contributed by atoms with Gasteiger partial charge in [0.25, 0.3) is 0 Å². The molecular weight excluding hydrogens is 242 g/mol. The van der Waals surface area contributed by atoms with Crippen LogP contribution in [0, 0.1) is 0 Å². The number of ether oxygens (including phenoxy) is 2. The van der Waals surface area contributed by atoms with Crippen LogP contribution < -0.4 is 10.1 Å². The maximum absolute atomic E-state index is 10.6. The third-order valence-electron chi connectivity index (χ3n) is 3.43. The fourth-order valence-electron chi connectivity index (χ4n) is 2.43. The molecule has 19 heavy (non-hydrogen) atoms. The van der Waals surface area contributed by atoms with E-state index in [-0.39, 0.29) is 6.04 Å². The van der Waals surface area contributed by atoms with Gasteiger partial charge < -0.3 is 19.9 Å². The molecule has 2 rings (SSSR count). The topological polar surface area (TPSA) is 50.7 Å². The van der Waals surface area contributed by atoms with Crippen molar-refractivity contribution in [1.29, 1.82) is 0 Å². The van der Waals surface area contributed by atoms with E-state index in [1.807, 2.05) is 38.1 Å². The summed E-state index contributed by atoms with van der Waals surface area (Å²) in [4.78, 5) is 0. The summed E-state index contributed by atoms with van der Waals surface area (Å²) < 4.78 is 10.8. The minimum absolute atomic E-state index is 0.204. The van der Waals surface area contributed by atoms with Crippen molar-refractivity contribution in [2.24, 2.45) is 0 Å². The van der Waals surface area contributed by atoms with Crippen molar-refractivity contribution in [1.82, 2.24) is 5.32 Å². The molecule has 0 aromatic heterocycles. The zero-order valence-electron chi connectivity index (χ0n) is 11.7. The van der Waals surface area contributed by atoms with Crippen molar-refractivity contribution in [3.05, 3.63) is 29.8 Å². The monoisotopic (exact) mass is 265 g/mol. The lowest BCUT2D eigenvalue weighted by Crippen LogP contribution is -2.45. The molecule has 0 amide bonds. The average Bonchev–Trinajstić information content (AvgIpc) is 2.40. The molecule has 1 aliphatic heterocycles. The Labute approximate surface area is 114 Å². The molecule has 0 spiro atoms. The quantitative estimate of drug-likeness (QED) is 0.850. The zero-order valence-corrected chi connectivity index (χ0v) is 11.7. The molecule has 2 N–H and O–H groups in total. The molecule has 1 saturated heterocycles. The number of aliphatic hydroxyl groups is 1. The van der Waals surface area contributed by atoms with E-state index in [4.69, 9.17) is 9.47 Å². The van der Waals surface area contributed by atoms with Gasteiger partial charge in [0.2, 0.25) is 0 Å². The SMILES string of the molecule is CCOc1ccc(C(C)(O)CC2COCCN2)cc1. The molecule has 0 radical (unpaired) electrons. The first-order chi connectivity index (χ1) is 9.12. The maximum Gasteiger partial charge on any atom is 0.119 e. The maximum atomic E-state index is 10.6. The number of hydrogen-bond donors (Lipinski definition) is 2. The minimum Gasteiger partial charge on any atom is -0.494 e. The summed E-state index contributed by atoms with van der Waals surface area (Å²) in [6.07, 6.45) is 0.640. The molecule has 4 heteroatoms. The summed E-state index contributed by atoms with van der Waals surface area (Å²) in [5.41, 5.74) is 0.0478. The molecule has 0 bridgehead atoms. The molecule has 1 aromatic carbocycles. The van der Waals surface area contributed by atoms with E-state index in [0.717, 1.165) is 24.5 Å². The van der Waals surface area contributed by atoms with Gasteiger partial charge in [-0.15, -0.1) is 0 Å². The molecule has 2 atom stereocenters. The molecule has 1 aromatic rings. The second kappa shape index (κ2) is 6.37. The molecule has 2 unspecified atom stereocenters. The van der Waals surface area contributed by atoms with Crippen molar-refractivity contribution in [3.63, 3.8) is 0 Å². The van der Waals surface area contributed by atoms with Crippen LogP contribution in [-0.2, 0) is 10.3 Å². The molecule has 0 aliphatic carbocycles. The molecule has 4 nitrogen and oxygen atoms in total. The summed E-state index contributed by atoms with van der Waals surface area (Å²) in [5, 5.41) is 14.0. The lowest BCUT2D eigenvalue weighted by atomic mass is 9.89. The Morgan fingerprint density at radius 2 is 2.16 bits per heavy atom. The smallest absolute Gasteiger partial charge is 0.119 e. The number of rotatable bonds is 5. The van der Waals surface area contributed by atoms with E-state index in [9.17, 15) is 5.11 Å². The van der Waals surface area contributed by atoms with Crippen LogP contribution in [0.1, 0.15) is 25.8 Å². The Kier molecular flexibility index (Phi) is 4.80. The number of morpholine rings is 1. The molecule has 1 aliphatic rings. The Hall–Kier alpha value is -1.10. The van der Waals surface area contributed by atoms with E-state index in [0.29, 0.717) is 19.6 Å². The fraction of sp³-hybridized carbons (Fsp3) is 0.600. The van der Waals surface area contributed by atoms with Gasteiger partial charge in [0.1, 0.15) is 5.75 Å². The third-order valence-corrected chi connectivity index (χ3v) is 3.43. The first-order valence-electron chi connectivity index (χ1n) is 6.88. The normalized spacial score (nSPS) is 22.8. The predicted octanol–water partition coefficient (Wildman–Crippen LogP) is 1.67. The lowest BCUT2D eigenvalue weighted by Gasteiger charge is -2.32. The first kappa shape index (κ1) is 14.3. The molecule has 0 saturated carbocycles. The van der Waals surface area contributed by atoms with Crippen molar-refractivity contribution in [2.75, 3.05) is 26.4 Å². The largest absolute Gasteiger partial charge is 0.494 e. The summed E-state index contributed by atoms with van der Waals surface area (Å²) in [6, 6.07) is 7.86. The van der Waals surface area contributed by atoms with E-state index in [1.54, 1.807) is 0 Å². The molecule has 1 fully saturated rings. The van der Waals surface area contributed by atoms with Crippen molar-refractivity contribution in [2.45, 2.75) is 31.9 Å². The van der Waals surface area contributed by atoms with Crippen molar-refractivity contribution < 1.29 is 14.6 Å². The number of hydrogen-bond acceptors (Lipinski definition) is 4. The third kappa shape index (κ3) is 3.93. The molecule has 1 heterocycles. The van der Waals surface area contributed by atoms with Gasteiger partial charge in [-0.1, -0.05) is 12.1 Å². The summed E-state index contributed by atoms with van der Waals surface area (Å²) in [5.74, 6) is 0.834. The average molecular weight is 265 g/mol. The molecular formula is C15H23NO3. The van der Waals surface area contributed by atoms with Gasteiger partial charge in [-0.25, -0.2) is 0 Å². The summed E-state index contributed by atoms with van der Waals surface area (Å²) >= 11 is 0. The number of benzene rings is 1. The minimum atomic E-state index is -0.858. The van der Waals surface area contributed by atoms with Crippen molar-refractivity contribution in [3.8, 4) is 5.75 Å². The Balaban J connectivity index is 2.00. The van der Waals surface area contributed by atoms with Crippen LogP contribution in [0.2, 0.25) is 0 Å². The highest BCUT2D eigenvalue weighted by molar-refractivity contribution is 5.30. The van der Waals surface area contributed by atoms with Gasteiger partial charge >= 0.3 is 0 Å². The molecule has 106 valence electrons. The van der Waals surface area contributed by atoms with Crippen LogP contribution in [0.5, 0.6) is 5.75 Å². The van der Waals surface area contributed by atoms with Crippen LogP contribution in [0.25, 0.3) is 0 Å². The van der Waals surface area contributed by atoms with Gasteiger partial charge in [-0.2, -0.15) is 0 Å². The van der Waals surface area contributed by atoms with Crippen LogP contribution >= 0.6 is 0 Å². The van der Waals surface area contributed by atoms with E-state index in [1.165, 1.54) is 0 Å². The zero-order chi connectivity index (χ0) is 13.7. The van der Waals surface area contributed by atoms with Crippen LogP contribution in [0.4, 0.5) is 0 Å². The van der Waals surface area contributed by atoms with Gasteiger partial charge in [-0.3, -0.25) is 0 Å². The predicted molar refractivity (Wildman–Crippen MR) is 74.4 cm³/mol. The summed E-state index contributed by atoms with van der Waals surface area (Å²) in [7, 11) is 0.